The zero-order valence-corrected chi connectivity index (χ0v) is 10.8. The van der Waals surface area contributed by atoms with E-state index in [9.17, 15) is 9.50 Å². The van der Waals surface area contributed by atoms with Gasteiger partial charge >= 0.3 is 0 Å². The van der Waals surface area contributed by atoms with Gasteiger partial charge in [-0.05, 0) is 30.2 Å². The fourth-order valence-corrected chi connectivity index (χ4v) is 2.50. The molecule has 1 atom stereocenters. The molecule has 94 valence electrons. The highest BCUT2D eigenvalue weighted by Gasteiger charge is 2.10. The number of rotatable bonds is 4. The van der Waals surface area contributed by atoms with E-state index in [-0.39, 0.29) is 5.82 Å². The van der Waals surface area contributed by atoms with Crippen LogP contribution >= 0.6 is 11.8 Å². The molecule has 0 spiro atoms. The summed E-state index contributed by atoms with van der Waals surface area (Å²) in [6.45, 7) is 1.92. The van der Waals surface area contributed by atoms with Gasteiger partial charge in [0.05, 0.1) is 6.10 Å². The molecule has 0 aliphatic heterocycles. The van der Waals surface area contributed by atoms with Gasteiger partial charge in [0.15, 0.2) is 0 Å². The second-order valence-corrected chi connectivity index (χ2v) is 5.11. The lowest BCUT2D eigenvalue weighted by Gasteiger charge is -2.11. The summed E-state index contributed by atoms with van der Waals surface area (Å²) in [5.41, 5.74) is 1.77. The van der Waals surface area contributed by atoms with Crippen molar-refractivity contribution in [2.45, 2.75) is 17.9 Å². The monoisotopic (exact) mass is 263 g/mol. The van der Waals surface area contributed by atoms with Crippen molar-refractivity contribution in [3.05, 3.63) is 59.7 Å². The minimum atomic E-state index is -0.637. The maximum Gasteiger partial charge on any atom is 0.136 e. The van der Waals surface area contributed by atoms with Crippen LogP contribution in [0.25, 0.3) is 0 Å². The number of aliphatic hydroxyl groups is 1. The van der Waals surface area contributed by atoms with Crippen LogP contribution in [0.5, 0.6) is 0 Å². The number of benzene rings is 1. The van der Waals surface area contributed by atoms with Crippen molar-refractivity contribution in [2.24, 2.45) is 0 Å². The third-order valence-corrected chi connectivity index (χ3v) is 3.64. The Hall–Kier alpha value is -1.39. The predicted octanol–water partition coefficient (Wildman–Crippen LogP) is 3.35. The van der Waals surface area contributed by atoms with Crippen molar-refractivity contribution >= 4 is 11.8 Å². The van der Waals surface area contributed by atoms with Gasteiger partial charge in [0.1, 0.15) is 5.82 Å². The van der Waals surface area contributed by atoms with Crippen LogP contribution in [0.3, 0.4) is 0 Å². The van der Waals surface area contributed by atoms with Crippen LogP contribution in [0.4, 0.5) is 4.39 Å². The molecule has 4 heteroatoms. The first-order valence-electron chi connectivity index (χ1n) is 5.64. The number of hydrogen-bond acceptors (Lipinski definition) is 3. The summed E-state index contributed by atoms with van der Waals surface area (Å²) in [6.07, 6.45) is 2.74. The van der Waals surface area contributed by atoms with Gasteiger partial charge in [0.25, 0.3) is 0 Å². The van der Waals surface area contributed by atoms with Gasteiger partial charge in [-0.2, -0.15) is 0 Å². The summed E-state index contributed by atoms with van der Waals surface area (Å²) < 4.78 is 13.4. The smallest absolute Gasteiger partial charge is 0.136 e. The van der Waals surface area contributed by atoms with Crippen molar-refractivity contribution in [3.63, 3.8) is 0 Å². The van der Waals surface area contributed by atoms with Crippen LogP contribution < -0.4 is 0 Å². The first kappa shape index (κ1) is 13.1. The highest BCUT2D eigenvalue weighted by molar-refractivity contribution is 7.99. The van der Waals surface area contributed by atoms with Gasteiger partial charge < -0.3 is 5.11 Å². The molecule has 0 amide bonds. The van der Waals surface area contributed by atoms with Crippen LogP contribution in [-0.4, -0.2) is 15.8 Å². The fraction of sp³-hybridized carbons (Fsp3) is 0.214. The minimum absolute atomic E-state index is 0.253. The number of aryl methyl sites for hydroxylation is 1. The third-order valence-electron chi connectivity index (χ3n) is 2.51. The van der Waals surface area contributed by atoms with E-state index in [1.165, 1.54) is 17.8 Å². The summed E-state index contributed by atoms with van der Waals surface area (Å²) in [5, 5.41) is 10.0. The Kier molecular flexibility index (Phi) is 4.33. The first-order valence-corrected chi connectivity index (χ1v) is 6.62. The lowest BCUT2D eigenvalue weighted by atomic mass is 10.1. The van der Waals surface area contributed by atoms with E-state index >= 15 is 0 Å². The molecule has 0 aliphatic rings. The molecule has 18 heavy (non-hydrogen) atoms. The van der Waals surface area contributed by atoms with Crippen LogP contribution in [0.15, 0.2) is 47.6 Å². The van der Waals surface area contributed by atoms with E-state index in [0.29, 0.717) is 10.6 Å². The van der Waals surface area contributed by atoms with E-state index in [1.807, 2.05) is 13.0 Å². The number of aliphatic hydroxyl groups excluding tert-OH is 1. The molecule has 0 saturated carbocycles. The van der Waals surface area contributed by atoms with Crippen molar-refractivity contribution in [1.29, 1.82) is 0 Å². The van der Waals surface area contributed by atoms with E-state index in [4.69, 9.17) is 0 Å². The summed E-state index contributed by atoms with van der Waals surface area (Å²) in [7, 11) is 0. The highest BCUT2D eigenvalue weighted by atomic mass is 32.2. The Morgan fingerprint density at radius 2 is 2.11 bits per heavy atom. The molecule has 2 nitrogen and oxygen atoms in total. The van der Waals surface area contributed by atoms with E-state index in [0.717, 1.165) is 11.1 Å². The average molecular weight is 263 g/mol. The quantitative estimate of drug-likeness (QED) is 0.859. The van der Waals surface area contributed by atoms with Gasteiger partial charge in [-0.1, -0.05) is 18.2 Å². The maximum absolute atomic E-state index is 13.4. The molecule has 0 saturated heterocycles. The topological polar surface area (TPSA) is 33.1 Å². The minimum Gasteiger partial charge on any atom is -0.387 e. The molecule has 1 aromatic carbocycles. The highest BCUT2D eigenvalue weighted by Crippen LogP contribution is 2.26. The molecule has 2 rings (SSSR count). The molecule has 1 unspecified atom stereocenters. The molecule has 0 radical (unpaired) electrons. The number of aromatic nitrogens is 1. The summed E-state index contributed by atoms with van der Waals surface area (Å²) >= 11 is 1.30. The largest absolute Gasteiger partial charge is 0.387 e. The van der Waals surface area contributed by atoms with Gasteiger partial charge in [0, 0.05) is 23.0 Å². The molecule has 1 heterocycles. The normalized spacial score (nSPS) is 12.4. The van der Waals surface area contributed by atoms with E-state index in [2.05, 4.69) is 4.98 Å². The van der Waals surface area contributed by atoms with Crippen molar-refractivity contribution in [2.75, 3.05) is 5.75 Å². The van der Waals surface area contributed by atoms with Crippen molar-refractivity contribution < 1.29 is 9.50 Å². The predicted molar refractivity (Wildman–Crippen MR) is 71.1 cm³/mol. The van der Waals surface area contributed by atoms with Crippen LogP contribution in [0, 0.1) is 12.7 Å². The summed E-state index contributed by atoms with van der Waals surface area (Å²) in [5.74, 6) is 0.156. The Morgan fingerprint density at radius 1 is 1.33 bits per heavy atom. The van der Waals surface area contributed by atoms with Crippen molar-refractivity contribution in [3.8, 4) is 0 Å². The standard InChI is InChI=1S/C14H14FNOS/c1-10-6-11(8-16-7-10)13(17)9-18-14-5-3-2-4-12(14)15/h2-8,13,17H,9H2,1H3. The maximum atomic E-state index is 13.4. The Labute approximate surface area is 110 Å². The molecule has 0 bridgehead atoms. The molecule has 1 aromatic heterocycles. The Balaban J connectivity index is 2.00. The first-order chi connectivity index (χ1) is 8.66. The average Bonchev–Trinajstić information content (AvgIpc) is 2.37. The molecule has 2 aromatic rings. The molecular weight excluding hydrogens is 249 g/mol. The number of hydrogen-bond donors (Lipinski definition) is 1. The van der Waals surface area contributed by atoms with E-state index in [1.54, 1.807) is 30.6 Å². The van der Waals surface area contributed by atoms with Crippen LogP contribution in [0.2, 0.25) is 0 Å². The van der Waals surface area contributed by atoms with Gasteiger partial charge in [-0.25, -0.2) is 4.39 Å². The molecular formula is C14H14FNOS. The van der Waals surface area contributed by atoms with Gasteiger partial charge in [-0.15, -0.1) is 11.8 Å². The van der Waals surface area contributed by atoms with E-state index < -0.39 is 6.10 Å². The second-order valence-electron chi connectivity index (χ2n) is 4.05. The lowest BCUT2D eigenvalue weighted by Crippen LogP contribution is -2.01. The number of thioether (sulfide) groups is 1. The SMILES string of the molecule is Cc1cncc(C(O)CSc2ccccc2F)c1. The van der Waals surface area contributed by atoms with Crippen LogP contribution in [0.1, 0.15) is 17.2 Å². The molecule has 0 fully saturated rings. The zero-order valence-electron chi connectivity index (χ0n) is 10.0. The molecule has 0 aliphatic carbocycles. The molecule has 1 N–H and O–H groups in total. The zero-order chi connectivity index (χ0) is 13.0. The summed E-state index contributed by atoms with van der Waals surface area (Å²) in [4.78, 5) is 4.59. The van der Waals surface area contributed by atoms with Gasteiger partial charge in [-0.3, -0.25) is 4.98 Å². The Bertz CT molecular complexity index is 533. The third kappa shape index (κ3) is 3.31. The lowest BCUT2D eigenvalue weighted by molar-refractivity contribution is 0.203. The number of nitrogens with zero attached hydrogens (tertiary/aromatic N) is 1. The summed E-state index contributed by atoms with van der Waals surface area (Å²) in [6, 6.07) is 8.45. The second kappa shape index (κ2) is 5.98. The van der Waals surface area contributed by atoms with Crippen molar-refractivity contribution in [1.82, 2.24) is 4.98 Å². The van der Waals surface area contributed by atoms with Gasteiger partial charge in [0.2, 0.25) is 0 Å². The number of halogens is 1. The fourth-order valence-electron chi connectivity index (χ4n) is 1.59. The number of pyridine rings is 1. The Morgan fingerprint density at radius 3 is 2.83 bits per heavy atom. The van der Waals surface area contributed by atoms with Crippen LogP contribution in [-0.2, 0) is 0 Å².